The van der Waals surface area contributed by atoms with Crippen LogP contribution in [0.15, 0.2) is 48.5 Å². The quantitative estimate of drug-likeness (QED) is 0.849. The van der Waals surface area contributed by atoms with E-state index in [1.165, 1.54) is 5.56 Å². The van der Waals surface area contributed by atoms with Gasteiger partial charge < -0.3 is 5.32 Å². The van der Waals surface area contributed by atoms with Crippen LogP contribution >= 0.6 is 11.6 Å². The van der Waals surface area contributed by atoms with Crippen LogP contribution in [-0.2, 0) is 16.6 Å². The SMILES string of the molecule is CCc1ccccc1NC(=O)C1(c2ccc(Cl)cc2)CCC1. The largest absolute Gasteiger partial charge is 0.325 e. The van der Waals surface area contributed by atoms with Crippen molar-refractivity contribution in [2.75, 3.05) is 5.32 Å². The molecule has 0 heterocycles. The molecule has 114 valence electrons. The fourth-order valence-corrected chi connectivity index (χ4v) is 3.26. The number of para-hydroxylation sites is 1. The second-order valence-electron chi connectivity index (χ2n) is 5.91. The summed E-state index contributed by atoms with van der Waals surface area (Å²) in [6, 6.07) is 15.7. The second-order valence-corrected chi connectivity index (χ2v) is 6.34. The predicted octanol–water partition coefficient (Wildman–Crippen LogP) is 4.96. The van der Waals surface area contributed by atoms with Crippen molar-refractivity contribution in [1.29, 1.82) is 0 Å². The van der Waals surface area contributed by atoms with Gasteiger partial charge in [-0.05, 0) is 48.6 Å². The second kappa shape index (κ2) is 6.13. The molecule has 0 radical (unpaired) electrons. The van der Waals surface area contributed by atoms with Crippen molar-refractivity contribution >= 4 is 23.2 Å². The van der Waals surface area contributed by atoms with Crippen molar-refractivity contribution in [2.45, 2.75) is 38.0 Å². The van der Waals surface area contributed by atoms with Crippen molar-refractivity contribution in [2.24, 2.45) is 0 Å². The van der Waals surface area contributed by atoms with Crippen molar-refractivity contribution in [3.05, 3.63) is 64.7 Å². The molecule has 1 amide bonds. The van der Waals surface area contributed by atoms with E-state index in [0.29, 0.717) is 5.02 Å². The molecule has 3 heteroatoms. The van der Waals surface area contributed by atoms with Gasteiger partial charge in [0.25, 0.3) is 0 Å². The lowest BCUT2D eigenvalue weighted by Crippen LogP contribution is -2.46. The Morgan fingerprint density at radius 1 is 1.14 bits per heavy atom. The van der Waals surface area contributed by atoms with Crippen molar-refractivity contribution in [1.82, 2.24) is 0 Å². The average molecular weight is 314 g/mol. The van der Waals surface area contributed by atoms with E-state index in [0.717, 1.165) is 36.9 Å². The average Bonchev–Trinajstić information content (AvgIpc) is 2.48. The Balaban J connectivity index is 1.87. The highest BCUT2D eigenvalue weighted by molar-refractivity contribution is 6.30. The van der Waals surface area contributed by atoms with Crippen LogP contribution in [0.5, 0.6) is 0 Å². The molecule has 0 atom stereocenters. The molecule has 1 aliphatic carbocycles. The standard InChI is InChI=1S/C19H20ClNO/c1-2-14-6-3-4-7-17(14)21-18(22)19(12-5-13-19)15-8-10-16(20)11-9-15/h3-4,6-11H,2,5,12-13H2,1H3,(H,21,22). The van der Waals surface area contributed by atoms with Gasteiger partial charge in [-0.3, -0.25) is 4.79 Å². The van der Waals surface area contributed by atoms with E-state index in [2.05, 4.69) is 18.3 Å². The number of benzene rings is 2. The minimum Gasteiger partial charge on any atom is -0.325 e. The summed E-state index contributed by atoms with van der Waals surface area (Å²) >= 11 is 5.97. The van der Waals surface area contributed by atoms with E-state index in [1.807, 2.05) is 42.5 Å². The van der Waals surface area contributed by atoms with Crippen LogP contribution in [-0.4, -0.2) is 5.91 Å². The first-order chi connectivity index (χ1) is 10.7. The first-order valence-corrected chi connectivity index (χ1v) is 8.19. The van der Waals surface area contributed by atoms with E-state index in [9.17, 15) is 4.79 Å². The summed E-state index contributed by atoms with van der Waals surface area (Å²) in [5, 5.41) is 3.85. The molecular formula is C19H20ClNO. The summed E-state index contributed by atoms with van der Waals surface area (Å²) in [4.78, 5) is 12.9. The Bertz CT molecular complexity index is 674. The molecule has 0 saturated heterocycles. The van der Waals surface area contributed by atoms with E-state index >= 15 is 0 Å². The van der Waals surface area contributed by atoms with Crippen molar-refractivity contribution in [3.8, 4) is 0 Å². The van der Waals surface area contributed by atoms with Gasteiger partial charge in [0.05, 0.1) is 5.41 Å². The van der Waals surface area contributed by atoms with Crippen LogP contribution < -0.4 is 5.32 Å². The van der Waals surface area contributed by atoms with Gasteiger partial charge in [0.1, 0.15) is 0 Å². The van der Waals surface area contributed by atoms with Gasteiger partial charge in [-0.1, -0.05) is 55.3 Å². The molecule has 1 fully saturated rings. The zero-order valence-electron chi connectivity index (χ0n) is 12.7. The maximum absolute atomic E-state index is 12.9. The van der Waals surface area contributed by atoms with Crippen LogP contribution in [0, 0.1) is 0 Å². The molecule has 1 aliphatic rings. The molecule has 2 aromatic rings. The smallest absolute Gasteiger partial charge is 0.235 e. The van der Waals surface area contributed by atoms with Gasteiger partial charge in [-0.25, -0.2) is 0 Å². The summed E-state index contributed by atoms with van der Waals surface area (Å²) < 4.78 is 0. The Labute approximate surface area is 136 Å². The molecular weight excluding hydrogens is 294 g/mol. The van der Waals surface area contributed by atoms with E-state index in [4.69, 9.17) is 11.6 Å². The number of amides is 1. The highest BCUT2D eigenvalue weighted by atomic mass is 35.5. The van der Waals surface area contributed by atoms with Crippen LogP contribution in [0.1, 0.15) is 37.3 Å². The van der Waals surface area contributed by atoms with Gasteiger partial charge in [0.15, 0.2) is 0 Å². The number of carbonyl (C=O) groups excluding carboxylic acids is 1. The van der Waals surface area contributed by atoms with Gasteiger partial charge in [0, 0.05) is 10.7 Å². The monoisotopic (exact) mass is 313 g/mol. The van der Waals surface area contributed by atoms with Crippen LogP contribution in [0.25, 0.3) is 0 Å². The van der Waals surface area contributed by atoms with Crippen LogP contribution in [0.2, 0.25) is 5.02 Å². The van der Waals surface area contributed by atoms with E-state index in [1.54, 1.807) is 0 Å². The van der Waals surface area contributed by atoms with Gasteiger partial charge in [0.2, 0.25) is 5.91 Å². The lowest BCUT2D eigenvalue weighted by Gasteiger charge is -2.41. The van der Waals surface area contributed by atoms with Gasteiger partial charge in [-0.2, -0.15) is 0 Å². The minimum atomic E-state index is -0.397. The Morgan fingerprint density at radius 2 is 1.82 bits per heavy atom. The number of carbonyl (C=O) groups is 1. The lowest BCUT2D eigenvalue weighted by atomic mass is 9.64. The summed E-state index contributed by atoms with van der Waals surface area (Å²) in [6.07, 6.45) is 3.79. The first-order valence-electron chi connectivity index (χ1n) is 7.81. The number of rotatable bonds is 4. The molecule has 22 heavy (non-hydrogen) atoms. The topological polar surface area (TPSA) is 29.1 Å². The molecule has 0 aromatic heterocycles. The minimum absolute atomic E-state index is 0.0990. The summed E-state index contributed by atoms with van der Waals surface area (Å²) in [7, 11) is 0. The Kier molecular flexibility index (Phi) is 4.21. The molecule has 0 bridgehead atoms. The number of nitrogens with one attached hydrogen (secondary N) is 1. The highest BCUT2D eigenvalue weighted by Gasteiger charge is 2.45. The third kappa shape index (κ3) is 2.64. The molecule has 0 aliphatic heterocycles. The fourth-order valence-electron chi connectivity index (χ4n) is 3.14. The fraction of sp³-hybridized carbons (Fsp3) is 0.316. The third-order valence-corrected chi connectivity index (χ3v) is 4.94. The zero-order valence-corrected chi connectivity index (χ0v) is 13.5. The van der Waals surface area contributed by atoms with E-state index < -0.39 is 5.41 Å². The molecule has 0 spiro atoms. The maximum Gasteiger partial charge on any atom is 0.235 e. The zero-order chi connectivity index (χ0) is 15.6. The lowest BCUT2D eigenvalue weighted by molar-refractivity contribution is -0.124. The summed E-state index contributed by atoms with van der Waals surface area (Å²) in [5.74, 6) is 0.0990. The molecule has 1 saturated carbocycles. The van der Waals surface area contributed by atoms with E-state index in [-0.39, 0.29) is 5.91 Å². The van der Waals surface area contributed by atoms with Crippen molar-refractivity contribution < 1.29 is 4.79 Å². The molecule has 2 nitrogen and oxygen atoms in total. The molecule has 3 rings (SSSR count). The summed E-state index contributed by atoms with van der Waals surface area (Å²) in [6.45, 7) is 2.10. The van der Waals surface area contributed by atoms with Crippen molar-refractivity contribution in [3.63, 3.8) is 0 Å². The summed E-state index contributed by atoms with van der Waals surface area (Å²) in [5.41, 5.74) is 2.76. The van der Waals surface area contributed by atoms with Crippen LogP contribution in [0.3, 0.4) is 0 Å². The highest BCUT2D eigenvalue weighted by Crippen LogP contribution is 2.45. The third-order valence-electron chi connectivity index (χ3n) is 4.69. The Morgan fingerprint density at radius 3 is 2.41 bits per heavy atom. The maximum atomic E-state index is 12.9. The number of anilines is 1. The van der Waals surface area contributed by atoms with Gasteiger partial charge >= 0.3 is 0 Å². The molecule has 1 N–H and O–H groups in total. The molecule has 0 unspecified atom stereocenters. The number of hydrogen-bond donors (Lipinski definition) is 1. The Hall–Kier alpha value is -1.80. The van der Waals surface area contributed by atoms with Gasteiger partial charge in [-0.15, -0.1) is 0 Å². The number of halogens is 1. The van der Waals surface area contributed by atoms with Crippen LogP contribution in [0.4, 0.5) is 5.69 Å². The molecule has 2 aromatic carbocycles. The number of hydrogen-bond acceptors (Lipinski definition) is 1. The predicted molar refractivity (Wildman–Crippen MR) is 91.4 cm³/mol. The first kappa shape index (κ1) is 15.1. The normalized spacial score (nSPS) is 15.9. The number of aryl methyl sites for hydroxylation is 1.